The van der Waals surface area contributed by atoms with E-state index in [1.807, 2.05) is 0 Å². The first kappa shape index (κ1) is 15.4. The van der Waals surface area contributed by atoms with E-state index in [4.69, 9.17) is 23.0 Å². The van der Waals surface area contributed by atoms with Crippen molar-refractivity contribution >= 4 is 11.9 Å². The summed E-state index contributed by atoms with van der Waals surface area (Å²) in [5.74, 6) is 1.01. The maximum absolute atomic E-state index is 11.3. The molecule has 1 unspecified atom stereocenters. The van der Waals surface area contributed by atoms with E-state index in [1.54, 1.807) is 0 Å². The van der Waals surface area contributed by atoms with Crippen LogP contribution in [0.5, 0.6) is 0 Å². The Morgan fingerprint density at radius 3 is 2.47 bits per heavy atom. The van der Waals surface area contributed by atoms with Crippen molar-refractivity contribution in [2.24, 2.45) is 11.5 Å². The number of rotatable bonds is 8. The predicted molar refractivity (Wildman–Crippen MR) is 63.9 cm³/mol. The number of nitrogens with one attached hydrogen (secondary N) is 1. The minimum absolute atomic E-state index is 0.204. The van der Waals surface area contributed by atoms with Crippen molar-refractivity contribution in [1.29, 1.82) is 0 Å². The number of carboxylic acids is 1. The van der Waals surface area contributed by atoms with Crippen molar-refractivity contribution in [3.63, 3.8) is 0 Å². The number of hydrogen-bond acceptors (Lipinski definition) is 4. The summed E-state index contributed by atoms with van der Waals surface area (Å²) in [7, 11) is 0. The van der Waals surface area contributed by atoms with Gasteiger partial charge in [-0.15, -0.1) is 12.3 Å². The zero-order valence-electron chi connectivity index (χ0n) is 9.69. The van der Waals surface area contributed by atoms with Crippen LogP contribution >= 0.6 is 0 Å². The highest BCUT2D eigenvalue weighted by Gasteiger charge is 2.12. The van der Waals surface area contributed by atoms with Crippen LogP contribution in [0, 0.1) is 12.3 Å². The number of carboxylic acid groups (broad SMARTS) is 1. The van der Waals surface area contributed by atoms with E-state index in [0.717, 1.165) is 0 Å². The van der Waals surface area contributed by atoms with Gasteiger partial charge in [0.05, 0.1) is 6.04 Å². The highest BCUT2D eigenvalue weighted by atomic mass is 16.4. The zero-order chi connectivity index (χ0) is 13.3. The molecular formula is C11H19N3O3. The Balaban J connectivity index is 3.55. The van der Waals surface area contributed by atoms with E-state index in [2.05, 4.69) is 11.2 Å². The molecule has 17 heavy (non-hydrogen) atoms. The second-order valence-electron chi connectivity index (χ2n) is 3.75. The fraction of sp³-hybridized carbons (Fsp3) is 0.636. The Hall–Kier alpha value is -1.58. The van der Waals surface area contributed by atoms with E-state index >= 15 is 0 Å². The SMILES string of the molecule is C#CCC(N)C(=O)NCCCC[C@H](N)C(=O)O. The van der Waals surface area contributed by atoms with Gasteiger partial charge in [-0.3, -0.25) is 9.59 Å². The van der Waals surface area contributed by atoms with E-state index in [-0.39, 0.29) is 12.3 Å². The summed E-state index contributed by atoms with van der Waals surface area (Å²) < 4.78 is 0. The van der Waals surface area contributed by atoms with E-state index < -0.39 is 18.1 Å². The zero-order valence-corrected chi connectivity index (χ0v) is 9.69. The van der Waals surface area contributed by atoms with Crippen LogP contribution in [0.4, 0.5) is 0 Å². The van der Waals surface area contributed by atoms with Crippen LogP contribution in [0.15, 0.2) is 0 Å². The minimum Gasteiger partial charge on any atom is -0.480 e. The first-order valence-electron chi connectivity index (χ1n) is 5.44. The number of carbonyl (C=O) groups excluding carboxylic acids is 1. The lowest BCUT2D eigenvalue weighted by molar-refractivity contribution is -0.138. The van der Waals surface area contributed by atoms with Crippen molar-refractivity contribution < 1.29 is 14.7 Å². The average Bonchev–Trinajstić information content (AvgIpc) is 2.28. The van der Waals surface area contributed by atoms with Crippen molar-refractivity contribution in [3.05, 3.63) is 0 Å². The number of nitrogens with two attached hydrogens (primary N) is 2. The molecule has 6 N–H and O–H groups in total. The second kappa shape index (κ2) is 8.56. The number of carbonyl (C=O) groups is 2. The molecule has 0 aliphatic heterocycles. The molecule has 6 heteroatoms. The number of terminal acetylenes is 1. The molecule has 2 atom stereocenters. The van der Waals surface area contributed by atoms with Gasteiger partial charge >= 0.3 is 5.97 Å². The molecule has 0 bridgehead atoms. The first-order chi connectivity index (χ1) is 7.99. The molecule has 0 aromatic heterocycles. The average molecular weight is 241 g/mol. The van der Waals surface area contributed by atoms with Gasteiger partial charge in [-0.1, -0.05) is 0 Å². The second-order valence-corrected chi connectivity index (χ2v) is 3.75. The van der Waals surface area contributed by atoms with E-state index in [9.17, 15) is 9.59 Å². The largest absolute Gasteiger partial charge is 0.480 e. The number of amides is 1. The molecule has 0 aliphatic rings. The van der Waals surface area contributed by atoms with Crippen molar-refractivity contribution in [3.8, 4) is 12.3 Å². The van der Waals surface area contributed by atoms with E-state index in [1.165, 1.54) is 0 Å². The molecule has 0 aromatic rings. The summed E-state index contributed by atoms with van der Waals surface area (Å²) in [5.41, 5.74) is 10.8. The summed E-state index contributed by atoms with van der Waals surface area (Å²) >= 11 is 0. The normalized spacial score (nSPS) is 13.5. The van der Waals surface area contributed by atoms with Crippen molar-refractivity contribution in [1.82, 2.24) is 5.32 Å². The minimum atomic E-state index is -1.01. The number of unbranched alkanes of at least 4 members (excludes halogenated alkanes) is 1. The van der Waals surface area contributed by atoms with Crippen LogP contribution in [0.1, 0.15) is 25.7 Å². The Morgan fingerprint density at radius 2 is 1.94 bits per heavy atom. The summed E-state index contributed by atoms with van der Waals surface area (Å²) in [5, 5.41) is 11.2. The van der Waals surface area contributed by atoms with Crippen LogP contribution < -0.4 is 16.8 Å². The molecule has 0 rings (SSSR count). The lowest BCUT2D eigenvalue weighted by Crippen LogP contribution is -2.40. The van der Waals surface area contributed by atoms with Gasteiger partial charge in [0.25, 0.3) is 0 Å². The lowest BCUT2D eigenvalue weighted by atomic mass is 10.1. The molecule has 96 valence electrons. The van der Waals surface area contributed by atoms with Crippen LogP contribution in [0.3, 0.4) is 0 Å². The Kier molecular flexibility index (Phi) is 7.76. The predicted octanol–water partition coefficient (Wildman–Crippen LogP) is -0.965. The van der Waals surface area contributed by atoms with Gasteiger partial charge in [0.1, 0.15) is 6.04 Å². The molecule has 6 nitrogen and oxygen atoms in total. The Bertz CT molecular complexity index is 299. The quantitative estimate of drug-likeness (QED) is 0.322. The Labute approximate surface area is 101 Å². The van der Waals surface area contributed by atoms with Crippen LogP contribution in [-0.4, -0.2) is 35.6 Å². The van der Waals surface area contributed by atoms with Gasteiger partial charge in [0.2, 0.25) is 5.91 Å². The van der Waals surface area contributed by atoms with Crippen LogP contribution in [0.2, 0.25) is 0 Å². The van der Waals surface area contributed by atoms with Crippen molar-refractivity contribution in [2.75, 3.05) is 6.54 Å². The summed E-state index contributed by atoms with van der Waals surface area (Å²) in [4.78, 5) is 21.7. The summed E-state index contributed by atoms with van der Waals surface area (Å²) in [6.45, 7) is 0.448. The molecule has 0 aliphatic carbocycles. The van der Waals surface area contributed by atoms with Gasteiger partial charge in [0, 0.05) is 13.0 Å². The Morgan fingerprint density at radius 1 is 1.29 bits per heavy atom. The molecule has 0 fully saturated rings. The third-order valence-corrected chi connectivity index (χ3v) is 2.23. The highest BCUT2D eigenvalue weighted by Crippen LogP contribution is 1.98. The standard InChI is InChI=1S/C11H19N3O3/c1-2-5-8(12)10(15)14-7-4-3-6-9(13)11(16)17/h1,8-9H,3-7,12-13H2,(H,14,15)(H,16,17)/t8?,9-/m0/s1. The smallest absolute Gasteiger partial charge is 0.320 e. The molecule has 0 aromatic carbocycles. The highest BCUT2D eigenvalue weighted by molar-refractivity contribution is 5.81. The molecule has 1 amide bonds. The number of hydrogen-bond donors (Lipinski definition) is 4. The topological polar surface area (TPSA) is 118 Å². The van der Waals surface area contributed by atoms with Gasteiger partial charge < -0.3 is 21.9 Å². The van der Waals surface area contributed by atoms with Gasteiger partial charge in [0.15, 0.2) is 0 Å². The maximum Gasteiger partial charge on any atom is 0.320 e. The fourth-order valence-electron chi connectivity index (χ4n) is 1.18. The summed E-state index contributed by atoms with van der Waals surface area (Å²) in [6.07, 6.45) is 6.92. The van der Waals surface area contributed by atoms with Gasteiger partial charge in [-0.2, -0.15) is 0 Å². The molecule has 0 radical (unpaired) electrons. The lowest BCUT2D eigenvalue weighted by Gasteiger charge is -2.10. The number of aliphatic carboxylic acids is 1. The van der Waals surface area contributed by atoms with Gasteiger partial charge in [-0.05, 0) is 19.3 Å². The van der Waals surface area contributed by atoms with Crippen LogP contribution in [-0.2, 0) is 9.59 Å². The first-order valence-corrected chi connectivity index (χ1v) is 5.44. The van der Waals surface area contributed by atoms with Crippen LogP contribution in [0.25, 0.3) is 0 Å². The monoisotopic (exact) mass is 241 g/mol. The fourth-order valence-corrected chi connectivity index (χ4v) is 1.18. The molecule has 0 saturated carbocycles. The van der Waals surface area contributed by atoms with Crippen molar-refractivity contribution in [2.45, 2.75) is 37.8 Å². The summed E-state index contributed by atoms with van der Waals surface area (Å²) in [6, 6.07) is -1.52. The van der Waals surface area contributed by atoms with E-state index in [0.29, 0.717) is 25.8 Å². The molecule has 0 spiro atoms. The molecular weight excluding hydrogens is 222 g/mol. The molecule has 0 saturated heterocycles. The molecule has 0 heterocycles. The maximum atomic E-state index is 11.3. The third-order valence-electron chi connectivity index (χ3n) is 2.23. The third kappa shape index (κ3) is 7.33. The van der Waals surface area contributed by atoms with Gasteiger partial charge in [-0.25, -0.2) is 0 Å².